The van der Waals surface area contributed by atoms with Crippen molar-refractivity contribution < 1.29 is 26.4 Å². The summed E-state index contributed by atoms with van der Waals surface area (Å²) in [5.74, 6) is 0.135. The van der Waals surface area contributed by atoms with Crippen LogP contribution in [0.5, 0.6) is 0 Å². The summed E-state index contributed by atoms with van der Waals surface area (Å²) in [5.41, 5.74) is 0.445. The van der Waals surface area contributed by atoms with Crippen molar-refractivity contribution in [3.05, 3.63) is 53.9 Å². The lowest BCUT2D eigenvalue weighted by molar-refractivity contribution is -0.137. The van der Waals surface area contributed by atoms with E-state index in [1.54, 1.807) is 6.07 Å². The van der Waals surface area contributed by atoms with Crippen LogP contribution in [0.15, 0.2) is 47.4 Å². The van der Waals surface area contributed by atoms with E-state index in [0.717, 1.165) is 22.0 Å². The first-order valence-corrected chi connectivity index (χ1v) is 11.3. The van der Waals surface area contributed by atoms with Crippen molar-refractivity contribution in [2.24, 2.45) is 0 Å². The molecule has 0 aliphatic rings. The molecule has 1 heterocycles. The number of nitrogens with one attached hydrogen (secondary N) is 1. The van der Waals surface area contributed by atoms with Crippen LogP contribution in [-0.4, -0.2) is 42.3 Å². The second kappa shape index (κ2) is 8.91. The number of aromatic nitrogens is 2. The first kappa shape index (κ1) is 23.7. The monoisotopic (exact) mass is 468 g/mol. The molecule has 1 aromatic heterocycles. The number of aryl methyl sites for hydroxylation is 2. The largest absolute Gasteiger partial charge is 0.416 e. The molecule has 172 valence electrons. The quantitative estimate of drug-likeness (QED) is 0.570. The highest BCUT2D eigenvalue weighted by atomic mass is 32.2. The summed E-state index contributed by atoms with van der Waals surface area (Å²) in [7, 11) is -0.727. The zero-order valence-electron chi connectivity index (χ0n) is 17.8. The van der Waals surface area contributed by atoms with E-state index >= 15 is 0 Å². The molecular formula is C21H23F3N4O3S. The molecule has 0 saturated carbocycles. The van der Waals surface area contributed by atoms with Crippen molar-refractivity contribution in [2.45, 2.75) is 37.4 Å². The molecular weight excluding hydrogens is 445 g/mol. The van der Waals surface area contributed by atoms with Crippen LogP contribution in [0.1, 0.15) is 24.7 Å². The zero-order valence-corrected chi connectivity index (χ0v) is 18.6. The number of carbonyl (C=O) groups excluding carboxylic acids is 1. The van der Waals surface area contributed by atoms with Crippen LogP contribution in [0.2, 0.25) is 0 Å². The summed E-state index contributed by atoms with van der Waals surface area (Å²) in [5, 5.41) is 2.48. The van der Waals surface area contributed by atoms with Gasteiger partial charge in [0.2, 0.25) is 15.9 Å². The van der Waals surface area contributed by atoms with Crippen LogP contribution in [0.25, 0.3) is 11.0 Å². The highest BCUT2D eigenvalue weighted by molar-refractivity contribution is 7.89. The molecule has 0 bridgehead atoms. The van der Waals surface area contributed by atoms with Gasteiger partial charge < -0.3 is 9.88 Å². The third-order valence-corrected chi connectivity index (χ3v) is 6.75. The Morgan fingerprint density at radius 3 is 2.50 bits per heavy atom. The van der Waals surface area contributed by atoms with Crippen molar-refractivity contribution in [2.75, 3.05) is 19.4 Å². The number of amides is 1. The highest BCUT2D eigenvalue weighted by Crippen LogP contribution is 2.30. The minimum Gasteiger partial charge on any atom is -0.328 e. The van der Waals surface area contributed by atoms with Gasteiger partial charge in [0.05, 0.1) is 21.5 Å². The number of imidazole rings is 1. The third-order valence-electron chi connectivity index (χ3n) is 4.94. The number of anilines is 1. The number of rotatable bonds is 7. The lowest BCUT2D eigenvalue weighted by Crippen LogP contribution is -2.22. The second-order valence-electron chi connectivity index (χ2n) is 7.34. The first-order valence-electron chi connectivity index (χ1n) is 9.82. The molecule has 3 aromatic rings. The highest BCUT2D eigenvalue weighted by Gasteiger charge is 2.30. The van der Waals surface area contributed by atoms with Gasteiger partial charge >= 0.3 is 6.18 Å². The molecule has 1 N–H and O–H groups in total. The van der Waals surface area contributed by atoms with Gasteiger partial charge in [-0.3, -0.25) is 4.79 Å². The van der Waals surface area contributed by atoms with E-state index in [1.165, 1.54) is 38.4 Å². The molecule has 1 amide bonds. The number of hydrogen-bond acceptors (Lipinski definition) is 4. The maximum atomic E-state index is 12.8. The molecule has 2 aromatic carbocycles. The van der Waals surface area contributed by atoms with Gasteiger partial charge in [-0.15, -0.1) is 0 Å². The fourth-order valence-electron chi connectivity index (χ4n) is 3.30. The minimum absolute atomic E-state index is 0.00240. The number of halogens is 3. The van der Waals surface area contributed by atoms with Crippen LogP contribution in [-0.2, 0) is 34.0 Å². The van der Waals surface area contributed by atoms with Gasteiger partial charge in [-0.05, 0) is 43.3 Å². The molecule has 3 rings (SSSR count). The molecule has 0 fully saturated rings. The fourth-order valence-corrected chi connectivity index (χ4v) is 4.22. The number of carbonyl (C=O) groups is 1. The molecule has 32 heavy (non-hydrogen) atoms. The lowest BCUT2D eigenvalue weighted by atomic mass is 10.2. The Morgan fingerprint density at radius 2 is 1.88 bits per heavy atom. The van der Waals surface area contributed by atoms with E-state index in [9.17, 15) is 26.4 Å². The maximum absolute atomic E-state index is 12.8. The Balaban J connectivity index is 1.78. The Hall–Kier alpha value is -2.92. The molecule has 0 aliphatic carbocycles. The first-order chi connectivity index (χ1) is 14.9. The van der Waals surface area contributed by atoms with Gasteiger partial charge in [0.1, 0.15) is 5.82 Å². The van der Waals surface area contributed by atoms with Crippen molar-refractivity contribution in [3.63, 3.8) is 0 Å². The van der Waals surface area contributed by atoms with Crippen LogP contribution < -0.4 is 5.32 Å². The minimum atomic E-state index is -4.49. The fraction of sp³-hybridized carbons (Fsp3) is 0.333. The van der Waals surface area contributed by atoms with Crippen LogP contribution >= 0.6 is 0 Å². The number of nitrogens with zero attached hydrogens (tertiary/aromatic N) is 3. The molecule has 7 nitrogen and oxygen atoms in total. The molecule has 0 spiro atoms. The maximum Gasteiger partial charge on any atom is 0.416 e. The molecule has 0 radical (unpaired) electrons. The number of alkyl halides is 3. The summed E-state index contributed by atoms with van der Waals surface area (Å²) >= 11 is 0. The van der Waals surface area contributed by atoms with E-state index in [4.69, 9.17) is 0 Å². The Bertz CT molecular complexity index is 1250. The zero-order chi connectivity index (χ0) is 23.7. The smallest absolute Gasteiger partial charge is 0.328 e. The summed E-state index contributed by atoms with van der Waals surface area (Å²) in [6, 6.07) is 9.11. The van der Waals surface area contributed by atoms with Crippen molar-refractivity contribution in [1.82, 2.24) is 13.9 Å². The normalized spacial score (nSPS) is 12.5. The predicted molar refractivity (Wildman–Crippen MR) is 115 cm³/mol. The standard InChI is InChI=1S/C21H23F3N4O3S/c1-4-28-18-9-8-16(32(30,31)27(2)3)13-17(18)26-19(28)10-11-20(29)25-15-7-5-6-14(12-15)21(22,23)24/h5-9,12-13H,4,10-11H2,1-3H3,(H,25,29). The molecule has 0 saturated heterocycles. The number of fused-ring (bicyclic) bond motifs is 1. The van der Waals surface area contributed by atoms with E-state index in [0.29, 0.717) is 17.9 Å². The van der Waals surface area contributed by atoms with Crippen LogP contribution in [0.3, 0.4) is 0 Å². The summed E-state index contributed by atoms with van der Waals surface area (Å²) in [6.07, 6.45) is -4.25. The average molecular weight is 469 g/mol. The Labute approximate surface area is 183 Å². The molecule has 0 unspecified atom stereocenters. The van der Waals surface area contributed by atoms with Gasteiger partial charge in [0, 0.05) is 39.2 Å². The van der Waals surface area contributed by atoms with Gasteiger partial charge in [-0.2, -0.15) is 13.2 Å². The second-order valence-corrected chi connectivity index (χ2v) is 9.49. The summed E-state index contributed by atoms with van der Waals surface area (Å²) in [4.78, 5) is 16.9. The number of benzene rings is 2. The van der Waals surface area contributed by atoms with E-state index in [1.807, 2.05) is 11.5 Å². The van der Waals surface area contributed by atoms with Gasteiger partial charge in [0.15, 0.2) is 0 Å². The molecule has 0 aliphatic heterocycles. The SMILES string of the molecule is CCn1c(CCC(=O)Nc2cccc(C(F)(F)F)c2)nc2cc(S(=O)(=O)N(C)C)ccc21. The third kappa shape index (κ3) is 4.94. The summed E-state index contributed by atoms with van der Waals surface area (Å²) in [6.45, 7) is 2.46. The van der Waals surface area contributed by atoms with Gasteiger partial charge in [-0.25, -0.2) is 17.7 Å². The van der Waals surface area contributed by atoms with Gasteiger partial charge in [0.25, 0.3) is 0 Å². The van der Waals surface area contributed by atoms with Crippen molar-refractivity contribution >= 4 is 32.7 Å². The topological polar surface area (TPSA) is 84.3 Å². The van der Waals surface area contributed by atoms with E-state index in [-0.39, 0.29) is 23.4 Å². The molecule has 11 heteroatoms. The van der Waals surface area contributed by atoms with Crippen LogP contribution in [0, 0.1) is 0 Å². The lowest BCUT2D eigenvalue weighted by Gasteiger charge is -2.11. The van der Waals surface area contributed by atoms with Crippen LogP contribution in [0.4, 0.5) is 18.9 Å². The Morgan fingerprint density at radius 1 is 1.16 bits per heavy atom. The number of hydrogen-bond donors (Lipinski definition) is 1. The predicted octanol–water partition coefficient (Wildman–Crippen LogP) is 3.90. The summed E-state index contributed by atoms with van der Waals surface area (Å²) < 4.78 is 66.3. The molecule has 0 atom stereocenters. The van der Waals surface area contributed by atoms with Crippen molar-refractivity contribution in [3.8, 4) is 0 Å². The Kier molecular flexibility index (Phi) is 6.61. The van der Waals surface area contributed by atoms with Crippen molar-refractivity contribution in [1.29, 1.82) is 0 Å². The van der Waals surface area contributed by atoms with E-state index in [2.05, 4.69) is 10.3 Å². The van der Waals surface area contributed by atoms with E-state index < -0.39 is 27.7 Å². The average Bonchev–Trinajstić information content (AvgIpc) is 3.08. The van der Waals surface area contributed by atoms with Gasteiger partial charge in [-0.1, -0.05) is 6.07 Å². The number of sulfonamides is 1.